The Hall–Kier alpha value is -6.78. The number of fused-ring (bicyclic) bond motifs is 3. The monoisotopic (exact) mass is 638 g/mol. The van der Waals surface area contributed by atoms with Gasteiger partial charge in [0.05, 0.1) is 28.3 Å². The van der Waals surface area contributed by atoms with E-state index in [1.807, 2.05) is 48.7 Å². The Labute approximate surface area is 290 Å². The number of aromatic nitrogens is 4. The second kappa shape index (κ2) is 12.7. The second-order valence-electron chi connectivity index (χ2n) is 12.3. The van der Waals surface area contributed by atoms with Crippen LogP contribution in [0.4, 0.5) is 0 Å². The van der Waals surface area contributed by atoms with Crippen LogP contribution in [0.3, 0.4) is 0 Å². The van der Waals surface area contributed by atoms with Gasteiger partial charge >= 0.3 is 0 Å². The zero-order valence-corrected chi connectivity index (χ0v) is 27.1. The maximum absolute atomic E-state index is 5.09. The van der Waals surface area contributed by atoms with Crippen molar-refractivity contribution in [2.24, 2.45) is 0 Å². The van der Waals surface area contributed by atoms with Gasteiger partial charge in [-0.2, -0.15) is 0 Å². The van der Waals surface area contributed by atoms with Gasteiger partial charge in [0.25, 0.3) is 0 Å². The first-order chi connectivity index (χ1) is 24.8. The Kier molecular flexibility index (Phi) is 7.45. The quantitative estimate of drug-likeness (QED) is 0.170. The molecule has 0 radical (unpaired) electrons. The van der Waals surface area contributed by atoms with Crippen LogP contribution in [0.15, 0.2) is 182 Å². The van der Waals surface area contributed by atoms with E-state index in [1.54, 1.807) is 0 Å². The summed E-state index contributed by atoms with van der Waals surface area (Å²) in [6, 6.07) is 60.8. The lowest BCUT2D eigenvalue weighted by Gasteiger charge is -2.12. The van der Waals surface area contributed by atoms with Crippen LogP contribution < -0.4 is 0 Å². The van der Waals surface area contributed by atoms with Crippen molar-refractivity contribution in [2.45, 2.75) is 0 Å². The van der Waals surface area contributed by atoms with E-state index in [-0.39, 0.29) is 0 Å². The van der Waals surface area contributed by atoms with Crippen molar-refractivity contribution in [2.75, 3.05) is 0 Å². The summed E-state index contributed by atoms with van der Waals surface area (Å²) in [5, 5.41) is 3.42. The normalized spacial score (nSPS) is 11.2. The zero-order chi connectivity index (χ0) is 33.3. The number of nitrogens with zero attached hydrogens (tertiary/aromatic N) is 4. The van der Waals surface area contributed by atoms with Crippen LogP contribution >= 0.6 is 0 Å². The van der Waals surface area contributed by atoms with Crippen LogP contribution in [0.1, 0.15) is 0 Å². The summed E-state index contributed by atoms with van der Waals surface area (Å²) in [6.45, 7) is 0. The Bertz CT molecular complexity index is 2590. The van der Waals surface area contributed by atoms with Gasteiger partial charge in [0.1, 0.15) is 0 Å². The molecule has 234 valence electrons. The van der Waals surface area contributed by atoms with E-state index in [0.717, 1.165) is 78.0 Å². The molecule has 0 saturated heterocycles. The van der Waals surface area contributed by atoms with Crippen molar-refractivity contribution in [1.29, 1.82) is 0 Å². The van der Waals surface area contributed by atoms with E-state index in [2.05, 4.69) is 133 Å². The smallest absolute Gasteiger partial charge is 0.160 e. The topological polar surface area (TPSA) is 51.6 Å². The van der Waals surface area contributed by atoms with E-state index in [0.29, 0.717) is 5.82 Å². The van der Waals surface area contributed by atoms with Gasteiger partial charge in [-0.1, -0.05) is 140 Å². The number of hydrogen-bond acceptors (Lipinski definition) is 4. The fourth-order valence-electron chi connectivity index (χ4n) is 6.64. The molecule has 0 aliphatic heterocycles. The van der Waals surface area contributed by atoms with E-state index in [1.165, 1.54) is 5.39 Å². The zero-order valence-electron chi connectivity index (χ0n) is 27.1. The summed E-state index contributed by atoms with van der Waals surface area (Å²) in [5.74, 6) is 0.705. The molecule has 0 amide bonds. The number of para-hydroxylation sites is 1. The molecule has 0 aliphatic carbocycles. The molecule has 0 N–H and O–H groups in total. The van der Waals surface area contributed by atoms with Gasteiger partial charge in [-0.25, -0.2) is 15.0 Å². The minimum Gasteiger partial charge on any atom is -0.255 e. The van der Waals surface area contributed by atoms with Crippen molar-refractivity contribution in [3.63, 3.8) is 0 Å². The third-order valence-electron chi connectivity index (χ3n) is 9.13. The minimum atomic E-state index is 0.705. The Balaban J connectivity index is 1.10. The lowest BCUT2D eigenvalue weighted by molar-refractivity contribution is 1.18. The van der Waals surface area contributed by atoms with Gasteiger partial charge in [0.15, 0.2) is 5.82 Å². The van der Waals surface area contributed by atoms with Crippen molar-refractivity contribution < 1.29 is 0 Å². The van der Waals surface area contributed by atoms with Crippen LogP contribution in [0.5, 0.6) is 0 Å². The molecular formula is C46H30N4. The Morgan fingerprint density at radius 2 is 0.820 bits per heavy atom. The molecule has 9 rings (SSSR count). The average Bonchev–Trinajstić information content (AvgIpc) is 3.21. The molecule has 3 aromatic heterocycles. The first kappa shape index (κ1) is 29.4. The highest BCUT2D eigenvalue weighted by Gasteiger charge is 2.14. The fraction of sp³-hybridized carbons (Fsp3) is 0. The standard InChI is InChI=1S/C46H30N4/c1-3-13-31(14-4-1)42-30-43(50-46(49-42)32-15-5-2-6-16-32)37-20-12-19-35(28-37)33-17-11-18-34(27-33)36-25-26-47-44(29-36)45-40-23-8-7-21-38(40)39-22-9-10-24-41(39)48-45/h1-30H. The lowest BCUT2D eigenvalue weighted by atomic mass is 9.96. The molecule has 9 aromatic rings. The number of rotatable bonds is 6. The van der Waals surface area contributed by atoms with Gasteiger partial charge in [0.2, 0.25) is 0 Å². The van der Waals surface area contributed by atoms with Gasteiger partial charge < -0.3 is 0 Å². The third-order valence-corrected chi connectivity index (χ3v) is 9.13. The number of pyridine rings is 2. The Morgan fingerprint density at radius 3 is 1.54 bits per heavy atom. The molecule has 0 fully saturated rings. The van der Waals surface area contributed by atoms with Crippen molar-refractivity contribution >= 4 is 21.7 Å². The van der Waals surface area contributed by atoms with Crippen LogP contribution in [0, 0.1) is 0 Å². The molecule has 0 atom stereocenters. The summed E-state index contributed by atoms with van der Waals surface area (Å²) >= 11 is 0. The molecule has 50 heavy (non-hydrogen) atoms. The van der Waals surface area contributed by atoms with Gasteiger partial charge in [-0.15, -0.1) is 0 Å². The molecule has 3 heterocycles. The SMILES string of the molecule is c1ccc(-c2cc(-c3cccc(-c4cccc(-c5ccnc(-c6nc7ccccc7c7ccccc67)c5)c4)c3)nc(-c3ccccc3)n2)cc1. The maximum atomic E-state index is 5.09. The van der Waals surface area contributed by atoms with Crippen molar-refractivity contribution in [3.8, 4) is 67.5 Å². The molecule has 4 nitrogen and oxygen atoms in total. The second-order valence-corrected chi connectivity index (χ2v) is 12.3. The molecule has 0 bridgehead atoms. The summed E-state index contributed by atoms with van der Waals surface area (Å²) < 4.78 is 0. The number of hydrogen-bond donors (Lipinski definition) is 0. The predicted octanol–water partition coefficient (Wildman–Crippen LogP) is 11.6. The number of benzene rings is 6. The molecule has 0 unspecified atom stereocenters. The Morgan fingerprint density at radius 1 is 0.300 bits per heavy atom. The van der Waals surface area contributed by atoms with Gasteiger partial charge in [-0.05, 0) is 64.0 Å². The van der Waals surface area contributed by atoms with Crippen LogP contribution in [-0.2, 0) is 0 Å². The highest BCUT2D eigenvalue weighted by Crippen LogP contribution is 2.35. The molecule has 0 saturated carbocycles. The summed E-state index contributed by atoms with van der Waals surface area (Å²) in [6.07, 6.45) is 1.88. The largest absolute Gasteiger partial charge is 0.255 e. The van der Waals surface area contributed by atoms with E-state index in [9.17, 15) is 0 Å². The highest BCUT2D eigenvalue weighted by molar-refractivity contribution is 6.10. The first-order valence-electron chi connectivity index (χ1n) is 16.7. The van der Waals surface area contributed by atoms with E-state index < -0.39 is 0 Å². The molecule has 0 aliphatic rings. The third kappa shape index (κ3) is 5.59. The molecule has 6 aromatic carbocycles. The minimum absolute atomic E-state index is 0.705. The molecular weight excluding hydrogens is 609 g/mol. The first-order valence-corrected chi connectivity index (χ1v) is 16.7. The van der Waals surface area contributed by atoms with Gasteiger partial charge in [-0.3, -0.25) is 4.98 Å². The van der Waals surface area contributed by atoms with Crippen LogP contribution in [0.25, 0.3) is 89.2 Å². The summed E-state index contributed by atoms with van der Waals surface area (Å²) in [5.41, 5.74) is 12.0. The van der Waals surface area contributed by atoms with Crippen molar-refractivity contribution in [1.82, 2.24) is 19.9 Å². The molecule has 4 heteroatoms. The average molecular weight is 639 g/mol. The van der Waals surface area contributed by atoms with Crippen molar-refractivity contribution in [3.05, 3.63) is 182 Å². The lowest BCUT2D eigenvalue weighted by Crippen LogP contribution is -1.96. The summed E-state index contributed by atoms with van der Waals surface area (Å²) in [4.78, 5) is 19.9. The predicted molar refractivity (Wildman–Crippen MR) is 205 cm³/mol. The maximum Gasteiger partial charge on any atom is 0.160 e. The highest BCUT2D eigenvalue weighted by atomic mass is 14.9. The molecule has 0 spiro atoms. The van der Waals surface area contributed by atoms with Gasteiger partial charge in [0, 0.05) is 33.7 Å². The summed E-state index contributed by atoms with van der Waals surface area (Å²) in [7, 11) is 0. The van der Waals surface area contributed by atoms with Crippen LogP contribution in [-0.4, -0.2) is 19.9 Å². The van der Waals surface area contributed by atoms with E-state index >= 15 is 0 Å². The fourth-order valence-corrected chi connectivity index (χ4v) is 6.64. The van der Waals surface area contributed by atoms with E-state index in [4.69, 9.17) is 19.9 Å². The van der Waals surface area contributed by atoms with Crippen LogP contribution in [0.2, 0.25) is 0 Å².